The van der Waals surface area contributed by atoms with Crippen molar-refractivity contribution in [3.63, 3.8) is 0 Å². The lowest BCUT2D eigenvalue weighted by Crippen LogP contribution is -2.44. The number of benzene rings is 2. The number of likely N-dealkylation sites (tertiary alicyclic amines) is 1. The first-order valence-corrected chi connectivity index (χ1v) is 17.6. The molecule has 1 N–H and O–H groups in total. The molecule has 2 heterocycles. The molecule has 1 aliphatic heterocycles. The second-order valence-corrected chi connectivity index (χ2v) is 15.7. The molecule has 1 aliphatic carbocycles. The zero-order valence-electron chi connectivity index (χ0n) is 27.0. The standard InChI is InChI=1S/C32H38BrFN6O6S/c1-6-38(5)47(43,44)37-23-8-7-22(34)28(21(23)18-35)45-25-10-9-24-26(27(25)33)29(41)40(19-36-24)20-11-12-32(17-20)13-15-39(16-14-32)30(42)46-31(2,3)4/h7-10,19-20,37H,6,11-17H2,1-5H3. The van der Waals surface area contributed by atoms with Crippen LogP contribution in [0.25, 0.3) is 10.9 Å². The van der Waals surface area contributed by atoms with Crippen LogP contribution < -0.4 is 15.0 Å². The minimum atomic E-state index is -4.01. The van der Waals surface area contributed by atoms with E-state index in [-0.39, 0.29) is 56.5 Å². The predicted molar refractivity (Wildman–Crippen MR) is 178 cm³/mol. The smallest absolute Gasteiger partial charge is 0.410 e. The first-order valence-electron chi connectivity index (χ1n) is 15.4. The number of nitrogens with one attached hydrogen (secondary N) is 1. The number of carbonyl (C=O) groups excluding carboxylic acids is 1. The molecule has 1 aromatic heterocycles. The van der Waals surface area contributed by atoms with E-state index in [0.717, 1.165) is 48.5 Å². The molecule has 2 aliphatic rings. The number of rotatable bonds is 7. The average molecular weight is 734 g/mol. The van der Waals surface area contributed by atoms with Gasteiger partial charge >= 0.3 is 16.3 Å². The maximum atomic E-state index is 15.1. The van der Waals surface area contributed by atoms with Gasteiger partial charge in [0, 0.05) is 32.7 Å². The van der Waals surface area contributed by atoms with Crippen molar-refractivity contribution in [1.82, 2.24) is 18.8 Å². The summed E-state index contributed by atoms with van der Waals surface area (Å²) < 4.78 is 56.9. The monoisotopic (exact) mass is 732 g/mol. The molecule has 3 aromatic rings. The minimum Gasteiger partial charge on any atom is -0.452 e. The fraction of sp³-hybridized carbons (Fsp3) is 0.500. The Morgan fingerprint density at radius 3 is 2.57 bits per heavy atom. The third-order valence-electron chi connectivity index (χ3n) is 8.93. The number of aromatic nitrogens is 2. The lowest BCUT2D eigenvalue weighted by Gasteiger charge is -2.40. The summed E-state index contributed by atoms with van der Waals surface area (Å²) in [7, 11) is -2.64. The molecule has 47 heavy (non-hydrogen) atoms. The Morgan fingerprint density at radius 2 is 1.94 bits per heavy atom. The van der Waals surface area contributed by atoms with E-state index in [1.165, 1.54) is 13.1 Å². The number of carbonyl (C=O) groups is 1. The van der Waals surface area contributed by atoms with Crippen LogP contribution in [-0.2, 0) is 14.9 Å². The molecule has 2 fully saturated rings. The van der Waals surface area contributed by atoms with Crippen LogP contribution in [0.1, 0.15) is 71.4 Å². The maximum absolute atomic E-state index is 15.1. The van der Waals surface area contributed by atoms with Gasteiger partial charge in [0.05, 0.1) is 27.4 Å². The highest BCUT2D eigenvalue weighted by molar-refractivity contribution is 9.10. The molecular weight excluding hydrogens is 695 g/mol. The van der Waals surface area contributed by atoms with Crippen molar-refractivity contribution in [2.75, 3.05) is 31.4 Å². The number of nitrogens with zero attached hydrogens (tertiary/aromatic N) is 5. The number of ether oxygens (including phenoxy) is 2. The van der Waals surface area contributed by atoms with E-state index >= 15 is 4.39 Å². The molecular formula is C32H38BrFN6O6S. The Bertz CT molecular complexity index is 1910. The highest BCUT2D eigenvalue weighted by Crippen LogP contribution is 2.50. The van der Waals surface area contributed by atoms with Crippen molar-refractivity contribution in [2.45, 2.75) is 71.4 Å². The summed E-state index contributed by atoms with van der Waals surface area (Å²) in [5, 5.41) is 10.1. The number of fused-ring (bicyclic) bond motifs is 1. The first-order chi connectivity index (χ1) is 22.1. The second-order valence-electron chi connectivity index (χ2n) is 13.1. The molecule has 1 saturated heterocycles. The summed E-state index contributed by atoms with van der Waals surface area (Å²) >= 11 is 3.46. The Hall–Kier alpha value is -3.74. The molecule has 1 amide bonds. The maximum Gasteiger partial charge on any atom is 0.410 e. The Balaban J connectivity index is 1.40. The molecule has 5 rings (SSSR count). The molecule has 15 heteroatoms. The fourth-order valence-electron chi connectivity index (χ4n) is 6.21. The third kappa shape index (κ3) is 7.09. The number of amides is 1. The van der Waals surface area contributed by atoms with Crippen LogP contribution in [0.4, 0.5) is 14.9 Å². The lowest BCUT2D eigenvalue weighted by molar-refractivity contribution is 0.0103. The van der Waals surface area contributed by atoms with Crippen LogP contribution in [0.3, 0.4) is 0 Å². The van der Waals surface area contributed by atoms with Crippen LogP contribution in [-0.4, -0.2) is 65.6 Å². The summed E-state index contributed by atoms with van der Waals surface area (Å²) in [6, 6.07) is 6.94. The molecule has 252 valence electrons. The molecule has 2 aromatic carbocycles. The van der Waals surface area contributed by atoms with Crippen molar-refractivity contribution < 1.29 is 27.1 Å². The minimum absolute atomic E-state index is 0.00343. The van der Waals surface area contributed by atoms with Crippen LogP contribution in [0.2, 0.25) is 0 Å². The number of nitriles is 1. The number of hydrogen-bond donors (Lipinski definition) is 1. The van der Waals surface area contributed by atoms with E-state index in [4.69, 9.17) is 9.47 Å². The largest absolute Gasteiger partial charge is 0.452 e. The van der Waals surface area contributed by atoms with Gasteiger partial charge in [-0.2, -0.15) is 18.0 Å². The SMILES string of the molecule is CCN(C)S(=O)(=O)Nc1ccc(F)c(Oc2ccc3ncn(C4CCC5(CCN(C(=O)OC(C)(C)C)CC5)C4)c(=O)c3c2Br)c1C#N. The van der Waals surface area contributed by atoms with Gasteiger partial charge in [0.1, 0.15) is 23.0 Å². The predicted octanol–water partition coefficient (Wildman–Crippen LogP) is 6.31. The van der Waals surface area contributed by atoms with Crippen molar-refractivity contribution in [2.24, 2.45) is 5.41 Å². The Labute approximate surface area is 281 Å². The van der Waals surface area contributed by atoms with Gasteiger partial charge in [-0.1, -0.05) is 6.92 Å². The van der Waals surface area contributed by atoms with Gasteiger partial charge in [0.25, 0.3) is 5.56 Å². The summed E-state index contributed by atoms with van der Waals surface area (Å²) in [6.45, 7) is 8.55. The highest BCUT2D eigenvalue weighted by Gasteiger charge is 2.43. The van der Waals surface area contributed by atoms with E-state index in [1.807, 2.05) is 26.8 Å². The van der Waals surface area contributed by atoms with Gasteiger partial charge in [-0.05, 0) is 98.5 Å². The van der Waals surface area contributed by atoms with E-state index in [2.05, 4.69) is 25.6 Å². The number of hydrogen-bond acceptors (Lipinski definition) is 8. The van der Waals surface area contributed by atoms with E-state index in [9.17, 15) is 23.3 Å². The van der Waals surface area contributed by atoms with Gasteiger partial charge in [-0.25, -0.2) is 14.2 Å². The van der Waals surface area contributed by atoms with Gasteiger partial charge < -0.3 is 14.4 Å². The van der Waals surface area contributed by atoms with Crippen LogP contribution in [0.15, 0.2) is 39.9 Å². The van der Waals surface area contributed by atoms with E-state index < -0.39 is 27.4 Å². The van der Waals surface area contributed by atoms with Gasteiger partial charge in [-0.3, -0.25) is 14.1 Å². The zero-order chi connectivity index (χ0) is 34.3. The number of halogens is 2. The highest BCUT2D eigenvalue weighted by atomic mass is 79.9. The van der Waals surface area contributed by atoms with Crippen molar-refractivity contribution >= 4 is 48.8 Å². The van der Waals surface area contributed by atoms with Gasteiger partial charge in [0.15, 0.2) is 11.6 Å². The van der Waals surface area contributed by atoms with Gasteiger partial charge in [0.2, 0.25) is 0 Å². The summed E-state index contributed by atoms with van der Waals surface area (Å²) in [4.78, 5) is 32.8. The zero-order valence-corrected chi connectivity index (χ0v) is 29.4. The Morgan fingerprint density at radius 1 is 1.23 bits per heavy atom. The summed E-state index contributed by atoms with van der Waals surface area (Å²) in [6.07, 6.45) is 5.34. The topological polar surface area (TPSA) is 147 Å². The van der Waals surface area contributed by atoms with Crippen LogP contribution in [0.5, 0.6) is 11.5 Å². The average Bonchev–Trinajstić information content (AvgIpc) is 3.41. The molecule has 0 radical (unpaired) electrons. The van der Waals surface area contributed by atoms with Crippen LogP contribution >= 0.6 is 15.9 Å². The Kier molecular flexibility index (Phi) is 9.60. The molecule has 12 nitrogen and oxygen atoms in total. The fourth-order valence-corrected chi connectivity index (χ4v) is 7.74. The van der Waals surface area contributed by atoms with Crippen molar-refractivity contribution in [1.29, 1.82) is 5.26 Å². The molecule has 1 unspecified atom stereocenters. The van der Waals surface area contributed by atoms with E-state index in [0.29, 0.717) is 18.6 Å². The molecule has 0 bridgehead atoms. The first kappa shape index (κ1) is 34.6. The molecule has 1 saturated carbocycles. The molecule has 1 atom stereocenters. The summed E-state index contributed by atoms with van der Waals surface area (Å²) in [5.41, 5.74) is -0.973. The number of anilines is 1. The quantitative estimate of drug-likeness (QED) is 0.297. The van der Waals surface area contributed by atoms with Crippen molar-refractivity contribution in [3.05, 3.63) is 56.8 Å². The van der Waals surface area contributed by atoms with E-state index in [1.54, 1.807) is 28.8 Å². The number of piperidine rings is 1. The summed E-state index contributed by atoms with van der Waals surface area (Å²) in [5.74, 6) is -1.34. The second kappa shape index (κ2) is 13.0. The normalized spacial score (nSPS) is 18.0. The molecule has 1 spiro atoms. The third-order valence-corrected chi connectivity index (χ3v) is 11.3. The van der Waals surface area contributed by atoms with Gasteiger partial charge in [-0.15, -0.1) is 0 Å². The van der Waals surface area contributed by atoms with Crippen molar-refractivity contribution in [3.8, 4) is 17.6 Å². The van der Waals surface area contributed by atoms with Crippen LogP contribution in [0, 0.1) is 22.6 Å². The lowest BCUT2D eigenvalue weighted by atomic mass is 9.77.